The Morgan fingerprint density at radius 1 is 1.14 bits per heavy atom. The number of nitrogens with one attached hydrogen (secondary N) is 1. The summed E-state index contributed by atoms with van der Waals surface area (Å²) < 4.78 is 6.46. The van der Waals surface area contributed by atoms with E-state index in [1.165, 1.54) is 9.13 Å². The van der Waals surface area contributed by atoms with Crippen LogP contribution in [0.3, 0.4) is 0 Å². The Balaban J connectivity index is 2.35. The topological polar surface area (TPSA) is 21.3 Å². The minimum atomic E-state index is 0.144. The van der Waals surface area contributed by atoms with Gasteiger partial charge in [-0.3, -0.25) is 0 Å². The van der Waals surface area contributed by atoms with E-state index in [9.17, 15) is 0 Å². The maximum Gasteiger partial charge on any atom is 0.137 e. The third-order valence-corrected chi connectivity index (χ3v) is 4.33. The van der Waals surface area contributed by atoms with E-state index in [1.54, 1.807) is 7.11 Å². The molecular formula is C17H19ClINO. The second kappa shape index (κ2) is 8.01. The van der Waals surface area contributed by atoms with E-state index < -0.39 is 0 Å². The summed E-state index contributed by atoms with van der Waals surface area (Å²) in [5.41, 5.74) is 2.39. The molecule has 0 fully saturated rings. The summed E-state index contributed by atoms with van der Waals surface area (Å²) in [5, 5.41) is 4.23. The van der Waals surface area contributed by atoms with Crippen molar-refractivity contribution in [1.29, 1.82) is 0 Å². The van der Waals surface area contributed by atoms with Gasteiger partial charge in [-0.05, 0) is 70.9 Å². The zero-order valence-electron chi connectivity index (χ0n) is 12.2. The first-order valence-corrected chi connectivity index (χ1v) is 8.43. The van der Waals surface area contributed by atoms with E-state index in [1.807, 2.05) is 12.1 Å². The monoisotopic (exact) mass is 415 g/mol. The maximum atomic E-state index is 6.27. The molecule has 1 atom stereocenters. The van der Waals surface area contributed by atoms with Crippen molar-refractivity contribution in [2.24, 2.45) is 0 Å². The van der Waals surface area contributed by atoms with E-state index in [4.69, 9.17) is 16.3 Å². The molecule has 0 aromatic heterocycles. The molecule has 0 heterocycles. The molecule has 0 amide bonds. The lowest BCUT2D eigenvalue weighted by Gasteiger charge is -2.20. The lowest BCUT2D eigenvalue weighted by molar-refractivity contribution is 0.414. The predicted octanol–water partition coefficient (Wildman–Crippen LogP) is 5.04. The highest BCUT2D eigenvalue weighted by atomic mass is 127. The molecule has 1 unspecified atom stereocenters. The lowest BCUT2D eigenvalue weighted by atomic mass is 9.98. The van der Waals surface area contributed by atoms with Gasteiger partial charge in [0.05, 0.1) is 18.2 Å². The molecule has 4 heteroatoms. The molecule has 0 spiro atoms. The molecule has 0 aliphatic carbocycles. The standard InChI is InChI=1S/C17H19ClINO/c1-3-10-20-17(12-4-7-14(19)8-5-12)13-6-9-16(21-2)15(18)11-13/h4-9,11,17,20H,3,10H2,1-2H3. The fourth-order valence-electron chi connectivity index (χ4n) is 2.23. The number of ether oxygens (including phenoxy) is 1. The number of hydrogen-bond donors (Lipinski definition) is 1. The fraction of sp³-hybridized carbons (Fsp3) is 0.294. The van der Waals surface area contributed by atoms with Crippen LogP contribution < -0.4 is 10.1 Å². The second-order valence-electron chi connectivity index (χ2n) is 4.83. The lowest BCUT2D eigenvalue weighted by Crippen LogP contribution is -2.23. The van der Waals surface area contributed by atoms with Gasteiger partial charge in [-0.1, -0.05) is 36.7 Å². The highest BCUT2D eigenvalue weighted by Gasteiger charge is 2.15. The number of benzene rings is 2. The average Bonchev–Trinajstić information content (AvgIpc) is 2.49. The van der Waals surface area contributed by atoms with Crippen LogP contribution in [-0.4, -0.2) is 13.7 Å². The third-order valence-electron chi connectivity index (χ3n) is 3.31. The van der Waals surface area contributed by atoms with Crippen molar-refractivity contribution in [2.75, 3.05) is 13.7 Å². The van der Waals surface area contributed by atoms with Gasteiger partial charge in [-0.15, -0.1) is 0 Å². The Hall–Kier alpha value is -0.780. The maximum absolute atomic E-state index is 6.27. The quantitative estimate of drug-likeness (QED) is 0.667. The normalized spacial score (nSPS) is 12.2. The van der Waals surface area contributed by atoms with Crippen LogP contribution in [0.5, 0.6) is 5.75 Å². The minimum Gasteiger partial charge on any atom is -0.495 e. The zero-order chi connectivity index (χ0) is 15.2. The van der Waals surface area contributed by atoms with Gasteiger partial charge in [0.25, 0.3) is 0 Å². The molecule has 0 saturated heterocycles. The molecule has 2 nitrogen and oxygen atoms in total. The predicted molar refractivity (Wildman–Crippen MR) is 97.3 cm³/mol. The Bertz CT molecular complexity index is 586. The second-order valence-corrected chi connectivity index (χ2v) is 6.49. The van der Waals surface area contributed by atoms with Crippen molar-refractivity contribution >= 4 is 34.2 Å². The average molecular weight is 416 g/mol. The van der Waals surface area contributed by atoms with Crippen molar-refractivity contribution in [2.45, 2.75) is 19.4 Å². The Kier molecular flexibility index (Phi) is 6.33. The highest BCUT2D eigenvalue weighted by Crippen LogP contribution is 2.30. The van der Waals surface area contributed by atoms with Crippen LogP contribution in [0.2, 0.25) is 5.02 Å². The van der Waals surface area contributed by atoms with Gasteiger partial charge < -0.3 is 10.1 Å². The Morgan fingerprint density at radius 3 is 2.38 bits per heavy atom. The Morgan fingerprint density at radius 2 is 1.81 bits per heavy atom. The number of methoxy groups -OCH3 is 1. The van der Waals surface area contributed by atoms with Crippen LogP contribution >= 0.6 is 34.2 Å². The molecule has 0 radical (unpaired) electrons. The third kappa shape index (κ3) is 4.34. The largest absolute Gasteiger partial charge is 0.495 e. The van der Waals surface area contributed by atoms with Gasteiger partial charge in [0.15, 0.2) is 0 Å². The zero-order valence-corrected chi connectivity index (χ0v) is 15.1. The number of hydrogen-bond acceptors (Lipinski definition) is 2. The fourth-order valence-corrected chi connectivity index (χ4v) is 2.86. The summed E-state index contributed by atoms with van der Waals surface area (Å²) >= 11 is 8.59. The molecule has 2 aromatic rings. The van der Waals surface area contributed by atoms with Crippen molar-refractivity contribution in [3.63, 3.8) is 0 Å². The van der Waals surface area contributed by atoms with Crippen LogP contribution in [-0.2, 0) is 0 Å². The van der Waals surface area contributed by atoms with Gasteiger partial charge in [0.1, 0.15) is 5.75 Å². The minimum absolute atomic E-state index is 0.144. The van der Waals surface area contributed by atoms with Gasteiger partial charge >= 0.3 is 0 Å². The highest BCUT2D eigenvalue weighted by molar-refractivity contribution is 14.1. The molecule has 1 N–H and O–H groups in total. The first kappa shape index (κ1) is 16.6. The summed E-state index contributed by atoms with van der Waals surface area (Å²) in [7, 11) is 1.63. The molecule has 2 aromatic carbocycles. The van der Waals surface area contributed by atoms with Gasteiger partial charge in [-0.2, -0.15) is 0 Å². The van der Waals surface area contributed by atoms with Crippen molar-refractivity contribution in [1.82, 2.24) is 5.32 Å². The molecule has 2 rings (SSSR count). The van der Waals surface area contributed by atoms with E-state index in [-0.39, 0.29) is 6.04 Å². The summed E-state index contributed by atoms with van der Waals surface area (Å²) in [6.07, 6.45) is 1.09. The van der Waals surface area contributed by atoms with Gasteiger partial charge in [0, 0.05) is 3.57 Å². The SMILES string of the molecule is CCCNC(c1ccc(I)cc1)c1ccc(OC)c(Cl)c1. The van der Waals surface area contributed by atoms with Crippen LogP contribution in [0.4, 0.5) is 0 Å². The van der Waals surface area contributed by atoms with E-state index in [0.717, 1.165) is 18.5 Å². The van der Waals surface area contributed by atoms with Crippen LogP contribution in [0.1, 0.15) is 30.5 Å². The molecule has 21 heavy (non-hydrogen) atoms. The van der Waals surface area contributed by atoms with E-state index >= 15 is 0 Å². The molecule has 112 valence electrons. The summed E-state index contributed by atoms with van der Waals surface area (Å²) in [5.74, 6) is 0.706. The Labute approximate surface area is 145 Å². The molecule has 0 saturated carbocycles. The van der Waals surface area contributed by atoms with Crippen molar-refractivity contribution < 1.29 is 4.74 Å². The molecule has 0 bridgehead atoms. The van der Waals surface area contributed by atoms with Gasteiger partial charge in [0.2, 0.25) is 0 Å². The first-order chi connectivity index (χ1) is 10.2. The van der Waals surface area contributed by atoms with Gasteiger partial charge in [-0.25, -0.2) is 0 Å². The molecular weight excluding hydrogens is 397 g/mol. The van der Waals surface area contributed by atoms with Crippen molar-refractivity contribution in [3.05, 3.63) is 62.2 Å². The van der Waals surface area contributed by atoms with Crippen LogP contribution in [0.25, 0.3) is 0 Å². The summed E-state index contributed by atoms with van der Waals surface area (Å²) in [6, 6.07) is 14.7. The number of rotatable bonds is 6. The summed E-state index contributed by atoms with van der Waals surface area (Å²) in [4.78, 5) is 0. The molecule has 0 aliphatic heterocycles. The van der Waals surface area contributed by atoms with E-state index in [2.05, 4.69) is 65.2 Å². The van der Waals surface area contributed by atoms with Crippen molar-refractivity contribution in [3.8, 4) is 5.75 Å². The summed E-state index contributed by atoms with van der Waals surface area (Å²) in [6.45, 7) is 3.12. The first-order valence-electron chi connectivity index (χ1n) is 6.98. The van der Waals surface area contributed by atoms with Crippen LogP contribution in [0.15, 0.2) is 42.5 Å². The molecule has 0 aliphatic rings. The smallest absolute Gasteiger partial charge is 0.137 e. The van der Waals surface area contributed by atoms with Crippen LogP contribution in [0, 0.1) is 3.57 Å². The van der Waals surface area contributed by atoms with E-state index in [0.29, 0.717) is 10.8 Å². The number of halogens is 2.